The lowest BCUT2D eigenvalue weighted by Crippen LogP contribution is -2.28. The number of aromatic nitrogens is 1. The second kappa shape index (κ2) is 7.71. The van der Waals surface area contributed by atoms with Gasteiger partial charge in [-0.1, -0.05) is 23.5 Å². The zero-order valence-corrected chi connectivity index (χ0v) is 15.3. The number of anilines is 1. The number of hydrogen-bond acceptors (Lipinski definition) is 4. The molecule has 1 aromatic heterocycles. The molecule has 0 aliphatic carbocycles. The number of halogens is 2. The number of thiazole rings is 1. The summed E-state index contributed by atoms with van der Waals surface area (Å²) in [5, 5.41) is 5.83. The van der Waals surface area contributed by atoms with Crippen molar-refractivity contribution in [1.82, 2.24) is 10.3 Å². The van der Waals surface area contributed by atoms with E-state index in [9.17, 15) is 14.0 Å². The van der Waals surface area contributed by atoms with Crippen molar-refractivity contribution in [1.29, 1.82) is 0 Å². The van der Waals surface area contributed by atoms with Gasteiger partial charge in [0.05, 0.1) is 15.8 Å². The van der Waals surface area contributed by atoms with Gasteiger partial charge in [0.25, 0.3) is 5.91 Å². The highest BCUT2D eigenvalue weighted by Gasteiger charge is 2.12. The largest absolute Gasteiger partial charge is 0.351 e. The quantitative estimate of drug-likeness (QED) is 0.654. The Morgan fingerprint density at radius 3 is 2.80 bits per heavy atom. The molecule has 0 unspecified atom stereocenters. The van der Waals surface area contributed by atoms with E-state index in [0.29, 0.717) is 9.60 Å². The summed E-state index contributed by atoms with van der Waals surface area (Å²) >= 11 is 4.59. The van der Waals surface area contributed by atoms with Gasteiger partial charge in [-0.05, 0) is 46.3 Å². The van der Waals surface area contributed by atoms with Crippen molar-refractivity contribution >= 4 is 54.4 Å². The monoisotopic (exact) mass is 421 g/mol. The van der Waals surface area contributed by atoms with E-state index in [0.717, 1.165) is 16.3 Å². The third-order valence-electron chi connectivity index (χ3n) is 3.35. The van der Waals surface area contributed by atoms with Crippen molar-refractivity contribution in [3.8, 4) is 0 Å². The molecule has 2 N–H and O–H groups in total. The summed E-state index contributed by atoms with van der Waals surface area (Å²) in [6.45, 7) is 0.137. The predicted molar refractivity (Wildman–Crippen MR) is 99.3 cm³/mol. The fraction of sp³-hybridized carbons (Fsp3) is 0.118. The number of nitrogens with zero attached hydrogens (tertiary/aromatic N) is 1. The molecule has 25 heavy (non-hydrogen) atoms. The van der Waals surface area contributed by atoms with Crippen LogP contribution in [0, 0.1) is 5.82 Å². The number of nitrogens with one attached hydrogen (secondary N) is 2. The molecule has 2 aromatic carbocycles. The van der Waals surface area contributed by atoms with Gasteiger partial charge in [0.2, 0.25) is 5.91 Å². The summed E-state index contributed by atoms with van der Waals surface area (Å²) in [5.41, 5.74) is 1.01. The number of benzene rings is 2. The molecule has 0 spiro atoms. The van der Waals surface area contributed by atoms with Crippen LogP contribution in [0.4, 0.5) is 9.52 Å². The maximum atomic E-state index is 13.2. The summed E-state index contributed by atoms with van der Waals surface area (Å²) in [5.74, 6) is -1.20. The zero-order valence-electron chi connectivity index (χ0n) is 12.9. The third kappa shape index (κ3) is 4.40. The Labute approximate surface area is 155 Å². The van der Waals surface area contributed by atoms with E-state index < -0.39 is 11.7 Å². The highest BCUT2D eigenvalue weighted by molar-refractivity contribution is 9.10. The van der Waals surface area contributed by atoms with Crippen LogP contribution in [-0.4, -0.2) is 23.3 Å². The van der Waals surface area contributed by atoms with Gasteiger partial charge in [0.1, 0.15) is 5.82 Å². The van der Waals surface area contributed by atoms with Gasteiger partial charge in [-0.3, -0.25) is 9.59 Å². The van der Waals surface area contributed by atoms with Crippen molar-refractivity contribution in [2.24, 2.45) is 0 Å². The number of carbonyl (C=O) groups excluding carboxylic acids is 2. The first-order valence-corrected chi connectivity index (χ1v) is 9.02. The van der Waals surface area contributed by atoms with Crippen LogP contribution in [0.15, 0.2) is 46.9 Å². The SMILES string of the molecule is O=C(CCNC(=O)c1cc(F)ccc1Br)Nc1nc2ccccc2s1. The number of para-hydroxylation sites is 1. The van der Waals surface area contributed by atoms with Gasteiger partial charge >= 0.3 is 0 Å². The fourth-order valence-corrected chi connectivity index (χ4v) is 3.47. The van der Waals surface area contributed by atoms with Crippen LogP contribution in [-0.2, 0) is 4.79 Å². The Kier molecular flexibility index (Phi) is 5.40. The maximum absolute atomic E-state index is 13.2. The molecule has 0 fully saturated rings. The minimum Gasteiger partial charge on any atom is -0.351 e. The van der Waals surface area contributed by atoms with E-state index >= 15 is 0 Å². The molecule has 0 aliphatic heterocycles. The van der Waals surface area contributed by atoms with E-state index in [-0.39, 0.29) is 24.4 Å². The molecule has 0 saturated carbocycles. The molecular formula is C17H13BrFN3O2S. The Morgan fingerprint density at radius 2 is 2.00 bits per heavy atom. The molecule has 0 atom stereocenters. The van der Waals surface area contributed by atoms with Crippen LogP contribution < -0.4 is 10.6 Å². The van der Waals surface area contributed by atoms with Gasteiger partial charge in [-0.15, -0.1) is 0 Å². The Morgan fingerprint density at radius 1 is 1.20 bits per heavy atom. The number of carbonyl (C=O) groups is 2. The van der Waals surface area contributed by atoms with Crippen LogP contribution in [0.1, 0.15) is 16.8 Å². The summed E-state index contributed by atoms with van der Waals surface area (Å²) in [7, 11) is 0. The Bertz CT molecular complexity index is 912. The highest BCUT2D eigenvalue weighted by atomic mass is 79.9. The average molecular weight is 422 g/mol. The summed E-state index contributed by atoms with van der Waals surface area (Å²) in [6, 6.07) is 11.5. The Balaban J connectivity index is 1.52. The highest BCUT2D eigenvalue weighted by Crippen LogP contribution is 2.25. The molecule has 0 aliphatic rings. The van der Waals surface area contributed by atoms with E-state index in [1.807, 2.05) is 24.3 Å². The zero-order chi connectivity index (χ0) is 17.8. The first-order valence-electron chi connectivity index (χ1n) is 7.41. The normalized spacial score (nSPS) is 10.6. The van der Waals surface area contributed by atoms with Gasteiger partial charge in [0.15, 0.2) is 5.13 Å². The summed E-state index contributed by atoms with van der Waals surface area (Å²) in [6.07, 6.45) is 0.0919. The number of rotatable bonds is 5. The Hall–Kier alpha value is -2.32. The number of amides is 2. The molecule has 0 saturated heterocycles. The molecule has 2 amide bonds. The van der Waals surface area contributed by atoms with E-state index in [2.05, 4.69) is 31.5 Å². The lowest BCUT2D eigenvalue weighted by atomic mass is 10.2. The van der Waals surface area contributed by atoms with E-state index in [1.165, 1.54) is 23.5 Å². The molecular weight excluding hydrogens is 409 g/mol. The third-order valence-corrected chi connectivity index (χ3v) is 4.99. The van der Waals surface area contributed by atoms with Crippen LogP contribution in [0.2, 0.25) is 0 Å². The molecule has 3 aromatic rings. The minimum absolute atomic E-state index is 0.0919. The van der Waals surface area contributed by atoms with Crippen LogP contribution >= 0.6 is 27.3 Å². The summed E-state index contributed by atoms with van der Waals surface area (Å²) in [4.78, 5) is 28.3. The van der Waals surface area contributed by atoms with Crippen molar-refractivity contribution in [3.63, 3.8) is 0 Å². The molecule has 5 nitrogen and oxygen atoms in total. The molecule has 128 valence electrons. The number of hydrogen-bond donors (Lipinski definition) is 2. The second-order valence-corrected chi connectivity index (χ2v) is 7.05. The molecule has 8 heteroatoms. The van der Waals surface area contributed by atoms with Gasteiger partial charge < -0.3 is 10.6 Å². The smallest absolute Gasteiger partial charge is 0.252 e. The predicted octanol–water partition coefficient (Wildman–Crippen LogP) is 3.96. The van der Waals surface area contributed by atoms with Crippen LogP contribution in [0.5, 0.6) is 0 Å². The first kappa shape index (κ1) is 17.5. The van der Waals surface area contributed by atoms with Crippen LogP contribution in [0.3, 0.4) is 0 Å². The lowest BCUT2D eigenvalue weighted by molar-refractivity contribution is -0.116. The molecule has 0 bridgehead atoms. The van der Waals surface area contributed by atoms with E-state index in [1.54, 1.807) is 0 Å². The first-order chi connectivity index (χ1) is 12.0. The average Bonchev–Trinajstić information content (AvgIpc) is 2.99. The van der Waals surface area contributed by atoms with Gasteiger partial charge in [-0.25, -0.2) is 9.37 Å². The van der Waals surface area contributed by atoms with Crippen molar-refractivity contribution in [3.05, 3.63) is 58.3 Å². The standard InChI is InChI=1S/C17H13BrFN3O2S/c18-12-6-5-10(19)9-11(12)16(24)20-8-7-15(23)22-17-21-13-3-1-2-4-14(13)25-17/h1-6,9H,7-8H2,(H,20,24)(H,21,22,23). The fourth-order valence-electron chi connectivity index (χ4n) is 2.16. The van der Waals surface area contributed by atoms with Crippen molar-refractivity contribution < 1.29 is 14.0 Å². The van der Waals surface area contributed by atoms with Crippen molar-refractivity contribution in [2.75, 3.05) is 11.9 Å². The molecule has 3 rings (SSSR count). The maximum Gasteiger partial charge on any atom is 0.252 e. The van der Waals surface area contributed by atoms with E-state index in [4.69, 9.17) is 0 Å². The van der Waals surface area contributed by atoms with Gasteiger partial charge in [0, 0.05) is 17.4 Å². The topological polar surface area (TPSA) is 71.1 Å². The molecule has 1 heterocycles. The molecule has 0 radical (unpaired) electrons. The summed E-state index contributed by atoms with van der Waals surface area (Å²) < 4.78 is 14.7. The number of fused-ring (bicyclic) bond motifs is 1. The van der Waals surface area contributed by atoms with Crippen LogP contribution in [0.25, 0.3) is 10.2 Å². The van der Waals surface area contributed by atoms with Crippen molar-refractivity contribution in [2.45, 2.75) is 6.42 Å². The second-order valence-electron chi connectivity index (χ2n) is 5.16. The van der Waals surface area contributed by atoms with Gasteiger partial charge in [-0.2, -0.15) is 0 Å². The lowest BCUT2D eigenvalue weighted by Gasteiger charge is -2.07. The minimum atomic E-state index is -0.498.